The summed E-state index contributed by atoms with van der Waals surface area (Å²) in [4.78, 5) is 23.9. The third-order valence-corrected chi connectivity index (χ3v) is 6.71. The van der Waals surface area contributed by atoms with E-state index in [1.54, 1.807) is 4.90 Å². The number of carbonyl (C=O) groups is 1. The summed E-state index contributed by atoms with van der Waals surface area (Å²) in [6.07, 6.45) is 9.89. The topological polar surface area (TPSA) is 63.2 Å². The van der Waals surface area contributed by atoms with Crippen LogP contribution in [0.3, 0.4) is 0 Å². The Kier molecular flexibility index (Phi) is 11.2. The Morgan fingerprint density at radius 1 is 1.10 bits per heavy atom. The van der Waals surface area contributed by atoms with Gasteiger partial charge >= 0.3 is 0 Å². The molecule has 1 amide bonds. The molecule has 2 unspecified atom stereocenters. The third-order valence-electron chi connectivity index (χ3n) is 6.71. The number of aliphatic imine (C=N–C) groups is 1. The van der Waals surface area contributed by atoms with Crippen LogP contribution in [0, 0.1) is 0 Å². The number of likely N-dealkylation sites (N-methyl/N-ethyl adjacent to an activating group) is 1. The van der Waals surface area contributed by atoms with Gasteiger partial charge in [0.1, 0.15) is 0 Å². The van der Waals surface area contributed by atoms with Crippen molar-refractivity contribution in [3.8, 4) is 0 Å². The third kappa shape index (κ3) is 7.22. The van der Waals surface area contributed by atoms with Crippen LogP contribution in [0.25, 0.3) is 0 Å². The smallest absolute Gasteiger partial charge is 0.239 e. The van der Waals surface area contributed by atoms with Crippen molar-refractivity contribution in [1.29, 1.82) is 0 Å². The molecule has 1 saturated carbocycles. The van der Waals surface area contributed by atoms with Gasteiger partial charge in [0.15, 0.2) is 5.96 Å². The van der Waals surface area contributed by atoms with Crippen molar-refractivity contribution in [1.82, 2.24) is 25.3 Å². The highest BCUT2D eigenvalue weighted by atomic mass is 127. The van der Waals surface area contributed by atoms with Gasteiger partial charge < -0.3 is 15.5 Å². The van der Waals surface area contributed by atoms with Crippen LogP contribution in [-0.2, 0) is 4.79 Å². The van der Waals surface area contributed by atoms with E-state index >= 15 is 0 Å². The number of nitrogens with one attached hydrogen (secondary N) is 2. The first kappa shape index (κ1) is 25.6. The van der Waals surface area contributed by atoms with Gasteiger partial charge in [-0.25, -0.2) is 0 Å². The minimum absolute atomic E-state index is 0. The maximum absolute atomic E-state index is 12.3. The standard InChI is InChI=1S/C22H42N6O.HI/c1-4-23-22(25-18-12-16-28(17-18)19-9-5-6-10-19)24-13-8-15-27-14-7-11-20(27)21(29)26(2)3;/h18-20H,4-17H2,1-3H3,(H2,23,24,25);1H. The molecule has 2 heterocycles. The molecule has 3 fully saturated rings. The van der Waals surface area contributed by atoms with Crippen LogP contribution in [0.15, 0.2) is 4.99 Å². The predicted octanol–water partition coefficient (Wildman–Crippen LogP) is 2.12. The van der Waals surface area contributed by atoms with Gasteiger partial charge in [0.05, 0.1) is 6.04 Å². The molecule has 0 radical (unpaired) electrons. The van der Waals surface area contributed by atoms with Crippen LogP contribution in [-0.4, -0.2) is 98.1 Å². The van der Waals surface area contributed by atoms with E-state index in [0.29, 0.717) is 6.04 Å². The molecular weight excluding hydrogens is 491 g/mol. The zero-order chi connectivity index (χ0) is 20.6. The van der Waals surface area contributed by atoms with Crippen LogP contribution in [0.5, 0.6) is 0 Å². The largest absolute Gasteiger partial charge is 0.357 e. The molecule has 8 heteroatoms. The summed E-state index contributed by atoms with van der Waals surface area (Å²) in [7, 11) is 3.71. The average Bonchev–Trinajstić information content (AvgIpc) is 3.45. The van der Waals surface area contributed by atoms with Crippen molar-refractivity contribution in [3.63, 3.8) is 0 Å². The lowest BCUT2D eigenvalue weighted by atomic mass is 10.2. The molecule has 2 saturated heterocycles. The highest BCUT2D eigenvalue weighted by Gasteiger charge is 2.31. The molecule has 7 nitrogen and oxygen atoms in total. The molecule has 3 rings (SSSR count). The van der Waals surface area contributed by atoms with Crippen molar-refractivity contribution in [3.05, 3.63) is 0 Å². The summed E-state index contributed by atoms with van der Waals surface area (Å²) in [5.41, 5.74) is 0. The minimum Gasteiger partial charge on any atom is -0.357 e. The minimum atomic E-state index is 0. The second kappa shape index (κ2) is 13.1. The number of guanidine groups is 1. The predicted molar refractivity (Wildman–Crippen MR) is 135 cm³/mol. The number of hydrogen-bond donors (Lipinski definition) is 2. The molecule has 2 N–H and O–H groups in total. The number of nitrogens with zero attached hydrogens (tertiary/aromatic N) is 4. The highest BCUT2D eigenvalue weighted by Crippen LogP contribution is 2.26. The van der Waals surface area contributed by atoms with Gasteiger partial charge in [0.2, 0.25) is 5.91 Å². The molecule has 0 aromatic heterocycles. The second-order valence-corrected chi connectivity index (χ2v) is 9.10. The van der Waals surface area contributed by atoms with Crippen molar-refractivity contribution in [2.75, 3.05) is 53.4 Å². The number of halogens is 1. The Labute approximate surface area is 200 Å². The van der Waals surface area contributed by atoms with Crippen LogP contribution in [0.2, 0.25) is 0 Å². The Morgan fingerprint density at radius 3 is 2.57 bits per heavy atom. The van der Waals surface area contributed by atoms with Gasteiger partial charge in [-0.2, -0.15) is 0 Å². The Hall–Kier alpha value is -0.610. The second-order valence-electron chi connectivity index (χ2n) is 9.10. The fourth-order valence-corrected chi connectivity index (χ4v) is 5.16. The number of hydrogen-bond acceptors (Lipinski definition) is 4. The highest BCUT2D eigenvalue weighted by molar-refractivity contribution is 14.0. The van der Waals surface area contributed by atoms with E-state index in [1.807, 2.05) is 14.1 Å². The van der Waals surface area contributed by atoms with E-state index in [1.165, 1.54) is 38.6 Å². The van der Waals surface area contributed by atoms with E-state index < -0.39 is 0 Å². The van der Waals surface area contributed by atoms with Crippen LogP contribution < -0.4 is 10.6 Å². The van der Waals surface area contributed by atoms with Gasteiger partial charge in [-0.3, -0.25) is 19.6 Å². The maximum atomic E-state index is 12.3. The fraction of sp³-hybridized carbons (Fsp3) is 0.909. The summed E-state index contributed by atoms with van der Waals surface area (Å²) in [6, 6.07) is 1.40. The molecule has 2 atom stereocenters. The van der Waals surface area contributed by atoms with Crippen molar-refractivity contribution >= 4 is 35.8 Å². The summed E-state index contributed by atoms with van der Waals surface area (Å²) in [6.45, 7) is 8.16. The van der Waals surface area contributed by atoms with Gasteiger partial charge in [0.25, 0.3) is 0 Å². The normalized spacial score (nSPS) is 26.0. The average molecular weight is 535 g/mol. The molecule has 0 aromatic rings. The molecular formula is C22H43IN6O. The number of rotatable bonds is 8. The Morgan fingerprint density at radius 2 is 1.87 bits per heavy atom. The quantitative estimate of drug-likeness (QED) is 0.216. The lowest BCUT2D eigenvalue weighted by molar-refractivity contribution is -0.133. The maximum Gasteiger partial charge on any atom is 0.239 e. The van der Waals surface area contributed by atoms with E-state index in [-0.39, 0.29) is 35.9 Å². The summed E-state index contributed by atoms with van der Waals surface area (Å²) >= 11 is 0. The van der Waals surface area contributed by atoms with Gasteiger partial charge in [-0.15, -0.1) is 24.0 Å². The zero-order valence-electron chi connectivity index (χ0n) is 19.2. The number of likely N-dealkylation sites (tertiary alicyclic amines) is 2. The van der Waals surface area contributed by atoms with Gasteiger partial charge in [-0.1, -0.05) is 12.8 Å². The molecule has 3 aliphatic rings. The Bertz CT molecular complexity index is 552. The van der Waals surface area contributed by atoms with E-state index in [9.17, 15) is 4.79 Å². The summed E-state index contributed by atoms with van der Waals surface area (Å²) < 4.78 is 0. The monoisotopic (exact) mass is 534 g/mol. The first-order valence-electron chi connectivity index (χ1n) is 11.8. The summed E-state index contributed by atoms with van der Waals surface area (Å²) in [5, 5.41) is 7.07. The van der Waals surface area contributed by atoms with Crippen molar-refractivity contribution in [2.24, 2.45) is 4.99 Å². The molecule has 0 bridgehead atoms. The van der Waals surface area contributed by atoms with E-state index in [4.69, 9.17) is 4.99 Å². The molecule has 2 aliphatic heterocycles. The lowest BCUT2D eigenvalue weighted by Crippen LogP contribution is -2.45. The van der Waals surface area contributed by atoms with Crippen LogP contribution >= 0.6 is 24.0 Å². The molecule has 174 valence electrons. The van der Waals surface area contributed by atoms with Crippen molar-refractivity contribution < 1.29 is 4.79 Å². The molecule has 1 aliphatic carbocycles. The first-order valence-corrected chi connectivity index (χ1v) is 11.8. The molecule has 30 heavy (non-hydrogen) atoms. The summed E-state index contributed by atoms with van der Waals surface area (Å²) in [5.74, 6) is 1.20. The Balaban J connectivity index is 0.00000320. The van der Waals surface area contributed by atoms with Crippen LogP contribution in [0.1, 0.15) is 58.3 Å². The van der Waals surface area contributed by atoms with Gasteiger partial charge in [-0.05, 0) is 52.0 Å². The molecule has 0 spiro atoms. The fourth-order valence-electron chi connectivity index (χ4n) is 5.16. The van der Waals surface area contributed by atoms with Crippen LogP contribution in [0.4, 0.5) is 0 Å². The van der Waals surface area contributed by atoms with E-state index in [2.05, 4.69) is 27.4 Å². The van der Waals surface area contributed by atoms with E-state index in [0.717, 1.165) is 64.0 Å². The van der Waals surface area contributed by atoms with Gasteiger partial charge in [0, 0.05) is 58.9 Å². The SMILES string of the molecule is CCNC(=NCCCN1CCCC1C(=O)N(C)C)NC1CCN(C2CCCC2)C1.I. The zero-order valence-corrected chi connectivity index (χ0v) is 21.6. The first-order chi connectivity index (χ1) is 14.1. The lowest BCUT2D eigenvalue weighted by Gasteiger charge is -2.26. The van der Waals surface area contributed by atoms with Crippen molar-refractivity contribution in [2.45, 2.75) is 76.4 Å². The molecule has 0 aromatic carbocycles. The number of amides is 1. The number of carbonyl (C=O) groups excluding carboxylic acids is 1.